The highest BCUT2D eigenvalue weighted by molar-refractivity contribution is 5.85. The second kappa shape index (κ2) is 11.1. The van der Waals surface area contributed by atoms with Crippen LogP contribution in [0.15, 0.2) is 30.3 Å². The van der Waals surface area contributed by atoms with Gasteiger partial charge in [-0.25, -0.2) is 0 Å². The number of hydrogen-bond donors (Lipinski definition) is 1. The van der Waals surface area contributed by atoms with Gasteiger partial charge in [0.2, 0.25) is 0 Å². The van der Waals surface area contributed by atoms with E-state index in [0.717, 1.165) is 12.0 Å². The summed E-state index contributed by atoms with van der Waals surface area (Å²) >= 11 is 0. The van der Waals surface area contributed by atoms with Crippen LogP contribution in [-0.2, 0) is 25.5 Å². The first kappa shape index (κ1) is 23.4. The highest BCUT2D eigenvalue weighted by Crippen LogP contribution is 2.11. The van der Waals surface area contributed by atoms with Crippen molar-refractivity contribution in [1.29, 1.82) is 0 Å². The molecule has 0 aliphatic rings. The zero-order valence-corrected chi connectivity index (χ0v) is 16.5. The summed E-state index contributed by atoms with van der Waals surface area (Å²) in [7, 11) is 0. The molecule has 0 amide bonds. The van der Waals surface area contributed by atoms with Gasteiger partial charge in [0.05, 0.1) is 6.61 Å². The van der Waals surface area contributed by atoms with Crippen LogP contribution in [0.1, 0.15) is 46.6 Å². The van der Waals surface area contributed by atoms with Crippen LogP contribution in [0.3, 0.4) is 0 Å². The van der Waals surface area contributed by atoms with E-state index in [1.165, 1.54) is 0 Å². The summed E-state index contributed by atoms with van der Waals surface area (Å²) in [5, 5.41) is 3.05. The first-order chi connectivity index (χ1) is 11.2. The molecule has 0 saturated heterocycles. The Morgan fingerprint density at radius 3 is 2.24 bits per heavy atom. The summed E-state index contributed by atoms with van der Waals surface area (Å²) in [6.45, 7) is 9.22. The summed E-state index contributed by atoms with van der Waals surface area (Å²) in [5.41, 5.74) is 0.578. The summed E-state index contributed by atoms with van der Waals surface area (Å²) in [6, 6.07) is 8.77. The number of hydrogen-bond acceptors (Lipinski definition) is 5. The lowest BCUT2D eigenvalue weighted by Crippen LogP contribution is -2.48. The fourth-order valence-corrected chi connectivity index (χ4v) is 2.23. The van der Waals surface area contributed by atoms with E-state index in [2.05, 4.69) is 5.32 Å². The molecule has 2 atom stereocenters. The number of carbonyl (C=O) groups excluding carboxylic acids is 2. The summed E-state index contributed by atoms with van der Waals surface area (Å²) in [4.78, 5) is 24.3. The van der Waals surface area contributed by atoms with Crippen LogP contribution in [-0.4, -0.2) is 36.2 Å². The van der Waals surface area contributed by atoms with E-state index in [0.29, 0.717) is 13.0 Å². The lowest BCUT2D eigenvalue weighted by Gasteiger charge is -2.25. The van der Waals surface area contributed by atoms with Crippen LogP contribution in [0.25, 0.3) is 0 Å². The first-order valence-corrected chi connectivity index (χ1v) is 8.42. The minimum absolute atomic E-state index is 0. The van der Waals surface area contributed by atoms with Gasteiger partial charge in [0.1, 0.15) is 17.7 Å². The molecule has 1 rings (SSSR count). The van der Waals surface area contributed by atoms with Crippen molar-refractivity contribution >= 4 is 24.3 Å². The van der Waals surface area contributed by atoms with Crippen molar-refractivity contribution in [3.05, 3.63) is 35.9 Å². The minimum atomic E-state index is -0.589. The number of ether oxygens (including phenoxy) is 2. The molecular formula is C19H30ClNO4. The van der Waals surface area contributed by atoms with Crippen LogP contribution in [0.5, 0.6) is 0 Å². The van der Waals surface area contributed by atoms with Gasteiger partial charge >= 0.3 is 11.9 Å². The Balaban J connectivity index is 0.00000576. The van der Waals surface area contributed by atoms with E-state index in [4.69, 9.17) is 9.47 Å². The fourth-order valence-electron chi connectivity index (χ4n) is 2.23. The largest absolute Gasteiger partial charge is 0.465 e. The molecular weight excluding hydrogens is 342 g/mol. The summed E-state index contributed by atoms with van der Waals surface area (Å²) in [6.07, 6.45) is 1.27. The number of carbonyl (C=O) groups is 2. The second-order valence-electron chi connectivity index (χ2n) is 6.75. The van der Waals surface area contributed by atoms with Crippen molar-refractivity contribution in [3.63, 3.8) is 0 Å². The van der Waals surface area contributed by atoms with E-state index in [1.54, 1.807) is 13.8 Å². The molecule has 0 heterocycles. The molecule has 0 aliphatic carbocycles. The third-order valence-electron chi connectivity index (χ3n) is 3.35. The Labute approximate surface area is 156 Å². The molecule has 1 aromatic carbocycles. The standard InChI is InChI=1S/C19H29NO4.ClH/c1-6-23-18(22)16(13-12-15-10-8-7-9-11-15)20-14(2)17(21)24-19(3,4)5;/h7-11,14,16,20H,6,12-13H2,1-5H3;1H/t14-,16+;/m1./s1. The topological polar surface area (TPSA) is 64.6 Å². The highest BCUT2D eigenvalue weighted by atomic mass is 35.5. The fraction of sp³-hybridized carbons (Fsp3) is 0.579. The summed E-state index contributed by atoms with van der Waals surface area (Å²) in [5.74, 6) is -0.722. The van der Waals surface area contributed by atoms with Gasteiger partial charge in [-0.1, -0.05) is 30.3 Å². The number of benzene rings is 1. The van der Waals surface area contributed by atoms with Crippen molar-refractivity contribution in [2.75, 3.05) is 6.61 Å². The first-order valence-electron chi connectivity index (χ1n) is 8.42. The number of halogens is 1. The monoisotopic (exact) mass is 371 g/mol. The average Bonchev–Trinajstić information content (AvgIpc) is 2.50. The Kier molecular flexibility index (Phi) is 10.4. The van der Waals surface area contributed by atoms with E-state index >= 15 is 0 Å². The van der Waals surface area contributed by atoms with Crippen molar-refractivity contribution < 1.29 is 19.1 Å². The second-order valence-corrected chi connectivity index (χ2v) is 6.75. The number of aryl methyl sites for hydroxylation is 1. The van der Waals surface area contributed by atoms with Gasteiger partial charge in [0, 0.05) is 0 Å². The Bertz CT molecular complexity index is 528. The molecule has 0 spiro atoms. The maximum absolute atomic E-state index is 12.2. The van der Waals surface area contributed by atoms with Gasteiger partial charge in [-0.2, -0.15) is 0 Å². The normalized spacial score (nSPS) is 13.3. The molecule has 0 radical (unpaired) electrons. The molecule has 0 saturated carbocycles. The molecule has 0 fully saturated rings. The molecule has 0 aliphatic heterocycles. The van der Waals surface area contributed by atoms with E-state index in [9.17, 15) is 9.59 Å². The Hall–Kier alpha value is -1.59. The van der Waals surface area contributed by atoms with E-state index in [1.807, 2.05) is 51.1 Å². The molecule has 25 heavy (non-hydrogen) atoms. The van der Waals surface area contributed by atoms with Crippen LogP contribution < -0.4 is 5.32 Å². The van der Waals surface area contributed by atoms with Crippen LogP contribution in [0.4, 0.5) is 0 Å². The number of nitrogens with one attached hydrogen (secondary N) is 1. The number of esters is 2. The number of rotatable bonds is 8. The molecule has 1 N–H and O–H groups in total. The minimum Gasteiger partial charge on any atom is -0.465 e. The van der Waals surface area contributed by atoms with Crippen LogP contribution in [0, 0.1) is 0 Å². The van der Waals surface area contributed by atoms with Gasteiger partial charge < -0.3 is 9.47 Å². The van der Waals surface area contributed by atoms with E-state index < -0.39 is 17.7 Å². The molecule has 0 bridgehead atoms. The van der Waals surface area contributed by atoms with Crippen LogP contribution in [0.2, 0.25) is 0 Å². The lowest BCUT2D eigenvalue weighted by molar-refractivity contribution is -0.157. The van der Waals surface area contributed by atoms with Crippen LogP contribution >= 0.6 is 12.4 Å². The van der Waals surface area contributed by atoms with Gasteiger partial charge in [0.15, 0.2) is 0 Å². The maximum Gasteiger partial charge on any atom is 0.323 e. The maximum atomic E-state index is 12.2. The van der Waals surface area contributed by atoms with Crippen molar-refractivity contribution in [2.24, 2.45) is 0 Å². The van der Waals surface area contributed by atoms with Gasteiger partial charge in [-0.15, -0.1) is 12.4 Å². The van der Waals surface area contributed by atoms with Gasteiger partial charge in [0.25, 0.3) is 0 Å². The smallest absolute Gasteiger partial charge is 0.323 e. The quantitative estimate of drug-likeness (QED) is 0.710. The molecule has 6 heteroatoms. The third-order valence-corrected chi connectivity index (χ3v) is 3.35. The molecule has 5 nitrogen and oxygen atoms in total. The summed E-state index contributed by atoms with van der Waals surface area (Å²) < 4.78 is 10.5. The molecule has 0 aromatic heterocycles. The van der Waals surface area contributed by atoms with E-state index in [-0.39, 0.29) is 24.3 Å². The third kappa shape index (κ3) is 9.46. The highest BCUT2D eigenvalue weighted by Gasteiger charge is 2.27. The zero-order valence-electron chi connectivity index (χ0n) is 15.7. The van der Waals surface area contributed by atoms with Crippen molar-refractivity contribution in [3.8, 4) is 0 Å². The van der Waals surface area contributed by atoms with Gasteiger partial charge in [-0.3, -0.25) is 14.9 Å². The zero-order chi connectivity index (χ0) is 18.2. The molecule has 0 unspecified atom stereocenters. The predicted octanol–water partition coefficient (Wildman–Crippen LogP) is 3.29. The van der Waals surface area contributed by atoms with Crippen molar-refractivity contribution in [1.82, 2.24) is 5.32 Å². The average molecular weight is 372 g/mol. The SMILES string of the molecule is CCOC(=O)[C@H](CCc1ccccc1)N[C@H](C)C(=O)OC(C)(C)C.Cl. The van der Waals surface area contributed by atoms with Gasteiger partial charge in [-0.05, 0) is 53.0 Å². The predicted molar refractivity (Wildman–Crippen MR) is 101 cm³/mol. The lowest BCUT2D eigenvalue weighted by atomic mass is 10.0. The molecule has 142 valence electrons. The van der Waals surface area contributed by atoms with Crippen molar-refractivity contribution in [2.45, 2.75) is 65.1 Å². The molecule has 1 aromatic rings. The Morgan fingerprint density at radius 1 is 1.12 bits per heavy atom. The Morgan fingerprint density at radius 2 is 1.72 bits per heavy atom.